The van der Waals surface area contributed by atoms with Crippen molar-refractivity contribution in [3.63, 3.8) is 0 Å². The summed E-state index contributed by atoms with van der Waals surface area (Å²) in [5.41, 5.74) is 1.89. The normalized spacial score (nSPS) is 10.8. The van der Waals surface area contributed by atoms with E-state index >= 15 is 0 Å². The van der Waals surface area contributed by atoms with Gasteiger partial charge in [-0.25, -0.2) is 0 Å². The van der Waals surface area contributed by atoms with Gasteiger partial charge in [-0.3, -0.25) is 0 Å². The fourth-order valence-electron chi connectivity index (χ4n) is 1.99. The molecule has 0 saturated heterocycles. The van der Waals surface area contributed by atoms with E-state index in [0.717, 1.165) is 35.4 Å². The van der Waals surface area contributed by atoms with Gasteiger partial charge in [0, 0.05) is 25.4 Å². The molecule has 2 heterocycles. The largest absolute Gasteiger partial charge is 0.383 e. The number of rotatable bonds is 4. The lowest BCUT2D eigenvalue weighted by molar-refractivity contribution is 0.788. The van der Waals surface area contributed by atoms with Crippen molar-refractivity contribution in [1.82, 2.24) is 25.0 Å². The van der Waals surface area contributed by atoms with E-state index in [1.54, 1.807) is 12.5 Å². The van der Waals surface area contributed by atoms with Crippen molar-refractivity contribution in [2.45, 2.75) is 6.42 Å². The number of fused-ring (bicyclic) bond motifs is 1. The van der Waals surface area contributed by atoms with E-state index in [4.69, 9.17) is 0 Å². The van der Waals surface area contributed by atoms with Crippen molar-refractivity contribution < 1.29 is 0 Å². The van der Waals surface area contributed by atoms with Crippen LogP contribution in [0.4, 0.5) is 5.69 Å². The maximum Gasteiger partial charge on any atom is 0.134 e. The van der Waals surface area contributed by atoms with Crippen LogP contribution in [0.5, 0.6) is 0 Å². The van der Waals surface area contributed by atoms with Crippen LogP contribution in [0, 0.1) is 0 Å². The standard InChI is InChI=1S/C13H14N6/c1-19-9-16-18-13(19)6-7-14-12-8-15-17-11-5-3-2-4-10(11)12/h2-5,8-9H,6-7H2,1H3,(H,14,17). The summed E-state index contributed by atoms with van der Waals surface area (Å²) in [6, 6.07) is 7.95. The summed E-state index contributed by atoms with van der Waals surface area (Å²) in [5.74, 6) is 0.957. The van der Waals surface area contributed by atoms with Crippen molar-refractivity contribution in [3.8, 4) is 0 Å². The third kappa shape index (κ3) is 2.37. The summed E-state index contributed by atoms with van der Waals surface area (Å²) >= 11 is 0. The third-order valence-corrected chi connectivity index (χ3v) is 3.02. The Bertz CT molecular complexity index is 685. The predicted molar refractivity (Wildman–Crippen MR) is 72.7 cm³/mol. The first-order chi connectivity index (χ1) is 9.34. The molecule has 0 aliphatic rings. The lowest BCUT2D eigenvalue weighted by Crippen LogP contribution is -2.09. The first-order valence-electron chi connectivity index (χ1n) is 6.12. The summed E-state index contributed by atoms with van der Waals surface area (Å²) in [7, 11) is 1.94. The molecular weight excluding hydrogens is 240 g/mol. The molecule has 0 bridgehead atoms. The Balaban J connectivity index is 1.74. The lowest BCUT2D eigenvalue weighted by atomic mass is 10.2. The van der Waals surface area contributed by atoms with E-state index in [0.29, 0.717) is 0 Å². The second kappa shape index (κ2) is 5.01. The lowest BCUT2D eigenvalue weighted by Gasteiger charge is -2.08. The van der Waals surface area contributed by atoms with Gasteiger partial charge in [-0.15, -0.1) is 10.2 Å². The Morgan fingerprint density at radius 1 is 1.16 bits per heavy atom. The molecule has 0 radical (unpaired) electrons. The maximum absolute atomic E-state index is 4.10. The van der Waals surface area contributed by atoms with E-state index in [2.05, 4.69) is 25.7 Å². The number of aryl methyl sites for hydroxylation is 1. The molecule has 3 aromatic rings. The Labute approximate surface area is 110 Å². The second-order valence-corrected chi connectivity index (χ2v) is 4.31. The maximum atomic E-state index is 4.10. The quantitative estimate of drug-likeness (QED) is 0.762. The minimum absolute atomic E-state index is 0.780. The fraction of sp³-hybridized carbons (Fsp3) is 0.231. The van der Waals surface area contributed by atoms with Gasteiger partial charge in [-0.1, -0.05) is 18.2 Å². The minimum atomic E-state index is 0.780. The molecule has 0 spiro atoms. The van der Waals surface area contributed by atoms with E-state index in [1.807, 2.05) is 35.9 Å². The number of nitrogens with zero attached hydrogens (tertiary/aromatic N) is 5. The molecule has 96 valence electrons. The molecule has 0 atom stereocenters. The van der Waals surface area contributed by atoms with Gasteiger partial charge >= 0.3 is 0 Å². The van der Waals surface area contributed by atoms with Gasteiger partial charge in [0.25, 0.3) is 0 Å². The smallest absolute Gasteiger partial charge is 0.134 e. The zero-order valence-electron chi connectivity index (χ0n) is 10.6. The van der Waals surface area contributed by atoms with E-state index < -0.39 is 0 Å². The highest BCUT2D eigenvalue weighted by Gasteiger charge is 2.03. The summed E-state index contributed by atoms with van der Waals surface area (Å²) in [5, 5.41) is 20.5. The monoisotopic (exact) mass is 254 g/mol. The summed E-state index contributed by atoms with van der Waals surface area (Å²) in [4.78, 5) is 0. The number of hydrogen-bond donors (Lipinski definition) is 1. The first kappa shape index (κ1) is 11.6. The van der Waals surface area contributed by atoms with Crippen molar-refractivity contribution in [2.75, 3.05) is 11.9 Å². The average molecular weight is 254 g/mol. The number of aromatic nitrogens is 5. The van der Waals surface area contributed by atoms with Crippen molar-refractivity contribution in [2.24, 2.45) is 7.05 Å². The van der Waals surface area contributed by atoms with Crippen molar-refractivity contribution in [1.29, 1.82) is 0 Å². The van der Waals surface area contributed by atoms with Crippen LogP contribution < -0.4 is 5.32 Å². The number of benzene rings is 1. The summed E-state index contributed by atoms with van der Waals surface area (Å²) in [6.45, 7) is 0.780. The molecule has 6 nitrogen and oxygen atoms in total. The van der Waals surface area contributed by atoms with Gasteiger partial charge in [0.1, 0.15) is 12.2 Å². The summed E-state index contributed by atoms with van der Waals surface area (Å²) < 4.78 is 1.92. The molecule has 1 N–H and O–H groups in total. The molecular formula is C13H14N6. The van der Waals surface area contributed by atoms with Gasteiger partial charge in [0.15, 0.2) is 0 Å². The van der Waals surface area contributed by atoms with Gasteiger partial charge < -0.3 is 9.88 Å². The molecule has 2 aromatic heterocycles. The van der Waals surface area contributed by atoms with Crippen LogP contribution in [-0.2, 0) is 13.5 Å². The third-order valence-electron chi connectivity index (χ3n) is 3.02. The predicted octanol–water partition coefficient (Wildman–Crippen LogP) is 1.41. The molecule has 0 saturated carbocycles. The molecule has 0 amide bonds. The fourth-order valence-corrected chi connectivity index (χ4v) is 1.99. The van der Waals surface area contributed by atoms with Crippen LogP contribution in [0.15, 0.2) is 36.8 Å². The van der Waals surface area contributed by atoms with Crippen LogP contribution in [0.3, 0.4) is 0 Å². The Morgan fingerprint density at radius 2 is 2.05 bits per heavy atom. The average Bonchev–Trinajstić information content (AvgIpc) is 2.85. The molecule has 0 fully saturated rings. The highest BCUT2D eigenvalue weighted by atomic mass is 15.2. The van der Waals surface area contributed by atoms with Gasteiger partial charge in [-0.2, -0.15) is 10.2 Å². The van der Waals surface area contributed by atoms with Crippen LogP contribution in [0.1, 0.15) is 5.82 Å². The number of nitrogens with one attached hydrogen (secondary N) is 1. The van der Waals surface area contributed by atoms with Gasteiger partial charge in [0.2, 0.25) is 0 Å². The minimum Gasteiger partial charge on any atom is -0.383 e. The summed E-state index contributed by atoms with van der Waals surface area (Å²) in [6.07, 6.45) is 4.27. The molecule has 19 heavy (non-hydrogen) atoms. The number of hydrogen-bond acceptors (Lipinski definition) is 5. The van der Waals surface area contributed by atoms with E-state index in [-0.39, 0.29) is 0 Å². The molecule has 0 aliphatic heterocycles. The van der Waals surface area contributed by atoms with Crippen molar-refractivity contribution in [3.05, 3.63) is 42.6 Å². The Kier molecular flexibility index (Phi) is 3.06. The molecule has 3 rings (SSSR count). The zero-order chi connectivity index (χ0) is 13.1. The first-order valence-corrected chi connectivity index (χ1v) is 6.12. The Hall–Kier alpha value is -2.50. The highest BCUT2D eigenvalue weighted by Crippen LogP contribution is 2.19. The molecule has 0 aliphatic carbocycles. The van der Waals surface area contributed by atoms with E-state index in [1.165, 1.54) is 0 Å². The topological polar surface area (TPSA) is 68.5 Å². The zero-order valence-corrected chi connectivity index (χ0v) is 10.6. The van der Waals surface area contributed by atoms with Crippen LogP contribution in [0.25, 0.3) is 10.9 Å². The van der Waals surface area contributed by atoms with Crippen LogP contribution >= 0.6 is 0 Å². The SMILES string of the molecule is Cn1cnnc1CCNc1cnnc2ccccc12. The van der Waals surface area contributed by atoms with Gasteiger partial charge in [-0.05, 0) is 6.07 Å². The molecule has 6 heteroatoms. The molecule has 1 aromatic carbocycles. The second-order valence-electron chi connectivity index (χ2n) is 4.31. The van der Waals surface area contributed by atoms with Crippen LogP contribution in [-0.4, -0.2) is 31.5 Å². The van der Waals surface area contributed by atoms with E-state index in [9.17, 15) is 0 Å². The highest BCUT2D eigenvalue weighted by molar-refractivity contribution is 5.90. The number of anilines is 1. The van der Waals surface area contributed by atoms with Crippen LogP contribution in [0.2, 0.25) is 0 Å². The Morgan fingerprint density at radius 3 is 2.89 bits per heavy atom. The van der Waals surface area contributed by atoms with Gasteiger partial charge in [0.05, 0.1) is 17.4 Å². The van der Waals surface area contributed by atoms with Crippen molar-refractivity contribution >= 4 is 16.6 Å². The molecule has 0 unspecified atom stereocenters.